The van der Waals surface area contributed by atoms with Crippen molar-refractivity contribution in [3.8, 4) is 11.8 Å². The minimum atomic E-state index is -4.29. The van der Waals surface area contributed by atoms with Crippen molar-refractivity contribution in [2.45, 2.75) is 46.2 Å². The molecule has 0 spiro atoms. The number of carboxylic acids is 1. The number of benzene rings is 1. The summed E-state index contributed by atoms with van der Waals surface area (Å²) in [6, 6.07) is 4.99. The zero-order valence-corrected chi connectivity index (χ0v) is 19.5. The first-order valence-electron chi connectivity index (χ1n) is 11.0. The second kappa shape index (κ2) is 12.1. The van der Waals surface area contributed by atoms with E-state index < -0.39 is 18.6 Å². The topological polar surface area (TPSA) is 72.8 Å². The van der Waals surface area contributed by atoms with Crippen molar-refractivity contribution in [3.05, 3.63) is 76.3 Å². The largest absolute Gasteiger partial charge is 0.478 e. The fourth-order valence-electron chi connectivity index (χ4n) is 3.49. The molecule has 5 nitrogen and oxygen atoms in total. The third kappa shape index (κ3) is 7.29. The first kappa shape index (κ1) is 26.8. The van der Waals surface area contributed by atoms with Gasteiger partial charge in [-0.25, -0.2) is 4.79 Å². The summed E-state index contributed by atoms with van der Waals surface area (Å²) in [4.78, 5) is 13.3. The Morgan fingerprint density at radius 1 is 1.29 bits per heavy atom. The first-order chi connectivity index (χ1) is 16.1. The van der Waals surface area contributed by atoms with E-state index in [0.717, 1.165) is 12.0 Å². The van der Waals surface area contributed by atoms with E-state index in [-0.39, 0.29) is 18.7 Å². The van der Waals surface area contributed by atoms with E-state index in [1.165, 1.54) is 6.07 Å². The van der Waals surface area contributed by atoms with Crippen LogP contribution in [0.4, 0.5) is 13.2 Å². The van der Waals surface area contributed by atoms with Gasteiger partial charge in [0.25, 0.3) is 0 Å². The van der Waals surface area contributed by atoms with Crippen molar-refractivity contribution in [2.24, 2.45) is 0 Å². The van der Waals surface area contributed by atoms with Crippen molar-refractivity contribution >= 4 is 11.7 Å². The van der Waals surface area contributed by atoms with Gasteiger partial charge in [-0.1, -0.05) is 43.4 Å². The number of carbonyl (C=O) groups is 1. The Kier molecular flexibility index (Phi) is 9.58. The molecule has 1 aliphatic rings. The number of aromatic carboxylic acids is 1. The van der Waals surface area contributed by atoms with Crippen LogP contribution in [-0.4, -0.2) is 40.4 Å². The fourth-order valence-corrected chi connectivity index (χ4v) is 3.49. The van der Waals surface area contributed by atoms with E-state index >= 15 is 0 Å². The van der Waals surface area contributed by atoms with Gasteiger partial charge in [0.1, 0.15) is 6.61 Å². The molecule has 0 amide bonds. The molecule has 1 heterocycles. The van der Waals surface area contributed by atoms with Gasteiger partial charge in [0, 0.05) is 24.0 Å². The van der Waals surface area contributed by atoms with Gasteiger partial charge in [0.2, 0.25) is 0 Å². The Bertz CT molecular complexity index is 1090. The molecule has 1 aromatic rings. The summed E-state index contributed by atoms with van der Waals surface area (Å²) in [5.74, 6) is 4.39. The van der Waals surface area contributed by atoms with Crippen LogP contribution < -0.4 is 5.32 Å². The summed E-state index contributed by atoms with van der Waals surface area (Å²) in [5, 5.41) is 21.4. The summed E-state index contributed by atoms with van der Waals surface area (Å²) < 4.78 is 38.3. The molecule has 0 aliphatic carbocycles. The normalized spacial score (nSPS) is 15.4. The molecule has 0 aromatic heterocycles. The van der Waals surface area contributed by atoms with E-state index in [1.807, 2.05) is 30.9 Å². The predicted molar refractivity (Wildman–Crippen MR) is 126 cm³/mol. The lowest BCUT2D eigenvalue weighted by Crippen LogP contribution is -2.29. The minimum absolute atomic E-state index is 0.194. The lowest BCUT2D eigenvalue weighted by atomic mass is 10.00. The number of unbranched alkanes of at least 4 members (excludes halogenated alkanes) is 1. The second-order valence-electron chi connectivity index (χ2n) is 7.65. The number of nitrogens with one attached hydrogen (secondary N) is 1. The summed E-state index contributed by atoms with van der Waals surface area (Å²) in [6.07, 6.45) is 3.48. The van der Waals surface area contributed by atoms with E-state index in [1.54, 1.807) is 31.3 Å². The summed E-state index contributed by atoms with van der Waals surface area (Å²) in [6.45, 7) is 4.89. The van der Waals surface area contributed by atoms with E-state index in [2.05, 4.69) is 17.2 Å². The molecule has 0 atom stereocenters. The van der Waals surface area contributed by atoms with Crippen LogP contribution in [0.5, 0.6) is 0 Å². The van der Waals surface area contributed by atoms with Gasteiger partial charge in [-0.3, -0.25) is 0 Å². The average molecular weight is 475 g/mol. The van der Waals surface area contributed by atoms with Crippen LogP contribution in [0.3, 0.4) is 0 Å². The maximum Gasteiger partial charge on any atom is 0.390 e. The zero-order chi connectivity index (χ0) is 25.3. The van der Waals surface area contributed by atoms with Crippen molar-refractivity contribution in [3.63, 3.8) is 0 Å². The van der Waals surface area contributed by atoms with E-state index in [9.17, 15) is 23.1 Å². The van der Waals surface area contributed by atoms with Crippen LogP contribution in [0.15, 0.2) is 59.6 Å². The minimum Gasteiger partial charge on any atom is -0.478 e. The summed E-state index contributed by atoms with van der Waals surface area (Å²) >= 11 is 0. The van der Waals surface area contributed by atoms with E-state index in [4.69, 9.17) is 5.11 Å². The van der Waals surface area contributed by atoms with Gasteiger partial charge < -0.3 is 20.4 Å². The highest BCUT2D eigenvalue weighted by molar-refractivity contribution is 5.90. The maximum atomic E-state index is 12.8. The fraction of sp³-hybridized carbons (Fsp3) is 0.346. The number of hydrogen-bond donors (Lipinski definition) is 3. The van der Waals surface area contributed by atoms with Crippen LogP contribution >= 0.6 is 0 Å². The highest BCUT2D eigenvalue weighted by atomic mass is 19.4. The third-order valence-electron chi connectivity index (χ3n) is 5.05. The molecular formula is C26H29F3N2O3. The number of aliphatic hydroxyl groups is 1. The van der Waals surface area contributed by atoms with Crippen LogP contribution in [0.25, 0.3) is 5.70 Å². The molecule has 1 aliphatic heterocycles. The number of alkyl halides is 3. The Morgan fingerprint density at radius 3 is 2.59 bits per heavy atom. The number of hydrogen-bond acceptors (Lipinski definition) is 4. The summed E-state index contributed by atoms with van der Waals surface area (Å²) in [5.41, 5.74) is 3.91. The van der Waals surface area contributed by atoms with Crippen molar-refractivity contribution in [1.82, 2.24) is 10.2 Å². The first-order valence-corrected chi connectivity index (χ1v) is 11.0. The quantitative estimate of drug-likeness (QED) is 0.443. The smallest absolute Gasteiger partial charge is 0.390 e. The predicted octanol–water partition coefficient (Wildman–Crippen LogP) is 5.36. The van der Waals surface area contributed by atoms with Crippen LogP contribution in [0.1, 0.15) is 54.6 Å². The van der Waals surface area contributed by atoms with Gasteiger partial charge in [0.15, 0.2) is 0 Å². The molecular weight excluding hydrogens is 445 g/mol. The molecule has 0 radical (unpaired) electrons. The van der Waals surface area contributed by atoms with Gasteiger partial charge >= 0.3 is 12.1 Å². The van der Waals surface area contributed by atoms with Crippen LogP contribution in [0, 0.1) is 18.8 Å². The number of allylic oxidation sites excluding steroid dienone is 4. The number of rotatable bonds is 8. The Balaban J connectivity index is 2.56. The monoisotopic (exact) mass is 474 g/mol. The van der Waals surface area contributed by atoms with Gasteiger partial charge in [-0.2, -0.15) is 13.2 Å². The number of carboxylic acid groups (broad SMARTS) is 1. The lowest BCUT2D eigenvalue weighted by molar-refractivity contribution is -0.133. The Labute approximate surface area is 198 Å². The molecule has 8 heteroatoms. The zero-order valence-electron chi connectivity index (χ0n) is 19.5. The highest BCUT2D eigenvalue weighted by Crippen LogP contribution is 2.33. The maximum absolute atomic E-state index is 12.8. The Morgan fingerprint density at radius 2 is 2.03 bits per heavy atom. The molecule has 0 fully saturated rings. The molecule has 1 aromatic carbocycles. The second-order valence-corrected chi connectivity index (χ2v) is 7.65. The molecule has 2 rings (SSSR count). The molecule has 0 bridgehead atoms. The molecule has 34 heavy (non-hydrogen) atoms. The standard InChI is InChI=1S/C26H29F3N2O3/c1-4-6-9-24-22(30-13-12-26(27,28)29)16-19(8-7-14-32)17-31(24)23(5-2)20-10-11-21(25(33)34)18(3)15-20/h5,9-11,15-17,30,32H,4,6,12-14H2,1-3H3,(H,33,34)/b23-5-,24-9+. The highest BCUT2D eigenvalue weighted by Gasteiger charge is 2.28. The molecule has 0 saturated carbocycles. The third-order valence-corrected chi connectivity index (χ3v) is 5.05. The van der Waals surface area contributed by atoms with E-state index in [0.29, 0.717) is 34.6 Å². The summed E-state index contributed by atoms with van der Waals surface area (Å²) in [7, 11) is 0. The molecule has 0 saturated heterocycles. The lowest BCUT2D eigenvalue weighted by Gasteiger charge is -2.32. The SMILES string of the molecule is C/C=C(/c1ccc(C(=O)O)c(C)c1)N1C=C(C#CCO)C=C(NCCC(F)(F)F)/C1=C\CCC. The van der Waals surface area contributed by atoms with Gasteiger partial charge in [-0.05, 0) is 49.6 Å². The van der Waals surface area contributed by atoms with Crippen LogP contribution in [0.2, 0.25) is 0 Å². The molecule has 3 N–H and O–H groups in total. The van der Waals surface area contributed by atoms with Gasteiger partial charge in [0.05, 0.1) is 23.4 Å². The Hall–Kier alpha value is -3.44. The molecule has 0 unspecified atom stereocenters. The van der Waals surface area contributed by atoms with Crippen molar-refractivity contribution in [1.29, 1.82) is 0 Å². The van der Waals surface area contributed by atoms with Crippen molar-refractivity contribution in [2.75, 3.05) is 13.2 Å². The van der Waals surface area contributed by atoms with Crippen LogP contribution in [-0.2, 0) is 0 Å². The van der Waals surface area contributed by atoms with Gasteiger partial charge in [-0.15, -0.1) is 0 Å². The number of nitrogens with zero attached hydrogens (tertiary/aromatic N) is 1. The number of aryl methyl sites for hydroxylation is 1. The number of halogens is 3. The van der Waals surface area contributed by atoms with Crippen molar-refractivity contribution < 1.29 is 28.2 Å². The average Bonchev–Trinajstić information content (AvgIpc) is 2.76. The number of aliphatic hydroxyl groups excluding tert-OH is 1. The molecule has 182 valence electrons.